The maximum Gasteiger partial charge on any atom is 0.159 e. The van der Waals surface area contributed by atoms with E-state index in [9.17, 15) is 4.39 Å². The highest BCUT2D eigenvalue weighted by molar-refractivity contribution is 5.80. The number of rotatable bonds is 6. The Kier molecular flexibility index (Phi) is 5.32. The summed E-state index contributed by atoms with van der Waals surface area (Å²) in [5.41, 5.74) is 4.11. The van der Waals surface area contributed by atoms with E-state index in [-0.39, 0.29) is 5.82 Å². The second-order valence-corrected chi connectivity index (χ2v) is 5.92. The van der Waals surface area contributed by atoms with Crippen LogP contribution in [0.2, 0.25) is 0 Å². The number of aromatic nitrogens is 2. The van der Waals surface area contributed by atoms with Gasteiger partial charge in [-0.15, -0.1) is 0 Å². The first-order valence-corrected chi connectivity index (χ1v) is 8.44. The Morgan fingerprint density at radius 3 is 2.17 bits per heavy atom. The van der Waals surface area contributed by atoms with Gasteiger partial charge in [-0.2, -0.15) is 0 Å². The standard InChI is InChI=1S/C21H21FN2/c1-2-3-4-7-16-14-23-21(24-15-16)20-9-6-5-8-19(20)17-10-12-18(22)13-11-17/h5-6,8-15H,2-4,7H2,1H3. The predicted octanol–water partition coefficient (Wildman–Crippen LogP) is 5.68. The van der Waals surface area contributed by atoms with Crippen LogP contribution in [-0.2, 0) is 6.42 Å². The van der Waals surface area contributed by atoms with Crippen LogP contribution in [0.15, 0.2) is 60.9 Å². The smallest absolute Gasteiger partial charge is 0.159 e. The van der Waals surface area contributed by atoms with E-state index < -0.39 is 0 Å². The lowest BCUT2D eigenvalue weighted by atomic mass is 9.99. The molecule has 3 heteroatoms. The third-order valence-electron chi connectivity index (χ3n) is 4.10. The highest BCUT2D eigenvalue weighted by Crippen LogP contribution is 2.30. The summed E-state index contributed by atoms with van der Waals surface area (Å²) in [5, 5.41) is 0. The normalized spacial score (nSPS) is 10.8. The molecule has 0 aliphatic carbocycles. The molecule has 3 aromatic rings. The van der Waals surface area contributed by atoms with Crippen LogP contribution >= 0.6 is 0 Å². The quantitative estimate of drug-likeness (QED) is 0.546. The summed E-state index contributed by atoms with van der Waals surface area (Å²) in [7, 11) is 0. The summed E-state index contributed by atoms with van der Waals surface area (Å²) in [4.78, 5) is 9.09. The number of nitrogens with zero attached hydrogens (tertiary/aromatic N) is 2. The van der Waals surface area contributed by atoms with E-state index in [0.29, 0.717) is 5.82 Å². The van der Waals surface area contributed by atoms with E-state index in [4.69, 9.17) is 0 Å². The molecule has 122 valence electrons. The first kappa shape index (κ1) is 16.3. The minimum Gasteiger partial charge on any atom is -0.236 e. The lowest BCUT2D eigenvalue weighted by Crippen LogP contribution is -1.95. The van der Waals surface area contributed by atoms with Crippen molar-refractivity contribution in [2.45, 2.75) is 32.6 Å². The van der Waals surface area contributed by atoms with Gasteiger partial charge < -0.3 is 0 Å². The maximum absolute atomic E-state index is 13.2. The molecule has 0 amide bonds. The van der Waals surface area contributed by atoms with Crippen molar-refractivity contribution in [1.82, 2.24) is 9.97 Å². The molecule has 0 aliphatic heterocycles. The SMILES string of the molecule is CCCCCc1cnc(-c2ccccc2-c2ccc(F)cc2)nc1. The Morgan fingerprint density at radius 1 is 0.833 bits per heavy atom. The van der Waals surface area contributed by atoms with Crippen molar-refractivity contribution in [3.8, 4) is 22.5 Å². The van der Waals surface area contributed by atoms with Crippen molar-refractivity contribution in [3.63, 3.8) is 0 Å². The first-order chi connectivity index (χ1) is 11.8. The van der Waals surface area contributed by atoms with Gasteiger partial charge in [0, 0.05) is 18.0 Å². The van der Waals surface area contributed by atoms with Gasteiger partial charge in [0.2, 0.25) is 0 Å². The summed E-state index contributed by atoms with van der Waals surface area (Å²) < 4.78 is 13.2. The molecule has 3 rings (SSSR count). The molecule has 0 bridgehead atoms. The van der Waals surface area contributed by atoms with Gasteiger partial charge in [0.25, 0.3) is 0 Å². The summed E-state index contributed by atoms with van der Waals surface area (Å²) in [6.07, 6.45) is 8.47. The summed E-state index contributed by atoms with van der Waals surface area (Å²) in [6.45, 7) is 2.20. The van der Waals surface area contributed by atoms with E-state index in [0.717, 1.165) is 23.1 Å². The zero-order chi connectivity index (χ0) is 16.8. The third-order valence-corrected chi connectivity index (χ3v) is 4.10. The fourth-order valence-corrected chi connectivity index (χ4v) is 2.76. The lowest BCUT2D eigenvalue weighted by Gasteiger charge is -2.09. The summed E-state index contributed by atoms with van der Waals surface area (Å²) in [6, 6.07) is 14.5. The van der Waals surface area contributed by atoms with E-state index in [2.05, 4.69) is 16.9 Å². The molecule has 2 nitrogen and oxygen atoms in total. The number of unbranched alkanes of at least 4 members (excludes halogenated alkanes) is 2. The molecule has 0 saturated carbocycles. The second-order valence-electron chi connectivity index (χ2n) is 5.92. The van der Waals surface area contributed by atoms with Crippen LogP contribution in [-0.4, -0.2) is 9.97 Å². The van der Waals surface area contributed by atoms with E-state index in [1.165, 1.54) is 37.0 Å². The lowest BCUT2D eigenvalue weighted by molar-refractivity contribution is 0.628. The van der Waals surface area contributed by atoms with E-state index in [1.807, 2.05) is 36.7 Å². The number of aryl methyl sites for hydroxylation is 1. The summed E-state index contributed by atoms with van der Waals surface area (Å²) >= 11 is 0. The van der Waals surface area contributed by atoms with Crippen LogP contribution < -0.4 is 0 Å². The van der Waals surface area contributed by atoms with Crippen molar-refractivity contribution in [1.29, 1.82) is 0 Å². The van der Waals surface area contributed by atoms with Crippen molar-refractivity contribution in [3.05, 3.63) is 72.3 Å². The van der Waals surface area contributed by atoms with Gasteiger partial charge in [-0.1, -0.05) is 56.2 Å². The largest absolute Gasteiger partial charge is 0.236 e. The molecule has 0 atom stereocenters. The van der Waals surface area contributed by atoms with Crippen LogP contribution in [0, 0.1) is 5.82 Å². The van der Waals surface area contributed by atoms with Crippen LogP contribution in [0.3, 0.4) is 0 Å². The highest BCUT2D eigenvalue weighted by Gasteiger charge is 2.09. The molecular formula is C21H21FN2. The van der Waals surface area contributed by atoms with Gasteiger partial charge in [0.05, 0.1) is 0 Å². The van der Waals surface area contributed by atoms with Crippen LogP contribution in [0.5, 0.6) is 0 Å². The molecule has 0 fully saturated rings. The topological polar surface area (TPSA) is 25.8 Å². The van der Waals surface area contributed by atoms with Gasteiger partial charge in [-0.05, 0) is 41.7 Å². The Morgan fingerprint density at radius 2 is 1.50 bits per heavy atom. The number of hydrogen-bond donors (Lipinski definition) is 0. The molecule has 1 heterocycles. The van der Waals surface area contributed by atoms with Crippen molar-refractivity contribution in [2.75, 3.05) is 0 Å². The van der Waals surface area contributed by atoms with E-state index >= 15 is 0 Å². The van der Waals surface area contributed by atoms with Crippen LogP contribution in [0.25, 0.3) is 22.5 Å². The molecule has 0 unspecified atom stereocenters. The van der Waals surface area contributed by atoms with Gasteiger partial charge >= 0.3 is 0 Å². The highest BCUT2D eigenvalue weighted by atomic mass is 19.1. The molecular weight excluding hydrogens is 299 g/mol. The third kappa shape index (κ3) is 3.85. The number of halogens is 1. The zero-order valence-electron chi connectivity index (χ0n) is 13.9. The van der Waals surface area contributed by atoms with Crippen LogP contribution in [0.1, 0.15) is 31.7 Å². The Balaban J connectivity index is 1.88. The van der Waals surface area contributed by atoms with Gasteiger partial charge in [0.15, 0.2) is 5.82 Å². The van der Waals surface area contributed by atoms with Crippen molar-refractivity contribution >= 4 is 0 Å². The molecule has 0 radical (unpaired) electrons. The van der Waals surface area contributed by atoms with Crippen molar-refractivity contribution in [2.24, 2.45) is 0 Å². The first-order valence-electron chi connectivity index (χ1n) is 8.44. The molecule has 0 N–H and O–H groups in total. The number of hydrogen-bond acceptors (Lipinski definition) is 2. The zero-order valence-corrected chi connectivity index (χ0v) is 13.9. The average Bonchev–Trinajstić information content (AvgIpc) is 2.63. The maximum atomic E-state index is 13.2. The van der Waals surface area contributed by atoms with Crippen LogP contribution in [0.4, 0.5) is 4.39 Å². The van der Waals surface area contributed by atoms with Gasteiger partial charge in [-0.3, -0.25) is 0 Å². The predicted molar refractivity (Wildman–Crippen MR) is 96.1 cm³/mol. The molecule has 1 aromatic heterocycles. The molecule has 0 aliphatic rings. The van der Waals surface area contributed by atoms with Gasteiger partial charge in [0.1, 0.15) is 5.82 Å². The Bertz CT molecular complexity index is 780. The minimum atomic E-state index is -0.232. The average molecular weight is 320 g/mol. The summed E-state index contributed by atoms with van der Waals surface area (Å²) in [5.74, 6) is 0.470. The van der Waals surface area contributed by atoms with Gasteiger partial charge in [-0.25, -0.2) is 14.4 Å². The fraction of sp³-hybridized carbons (Fsp3) is 0.238. The molecule has 0 spiro atoms. The van der Waals surface area contributed by atoms with Crippen molar-refractivity contribution < 1.29 is 4.39 Å². The number of benzene rings is 2. The molecule has 24 heavy (non-hydrogen) atoms. The second kappa shape index (κ2) is 7.82. The molecule has 2 aromatic carbocycles. The van der Waals surface area contributed by atoms with E-state index in [1.54, 1.807) is 12.1 Å². The monoisotopic (exact) mass is 320 g/mol. The Labute approximate surface area is 142 Å². The Hall–Kier alpha value is -2.55. The fourth-order valence-electron chi connectivity index (χ4n) is 2.76. The molecule has 0 saturated heterocycles. The minimum absolute atomic E-state index is 0.232.